The Morgan fingerprint density at radius 2 is 1.83 bits per heavy atom. The second kappa shape index (κ2) is 14.2. The maximum atomic E-state index is 15.1. The minimum atomic E-state index is -4.91. The van der Waals surface area contributed by atoms with Gasteiger partial charge >= 0.3 is 12.4 Å². The van der Waals surface area contributed by atoms with Gasteiger partial charge in [-0.3, -0.25) is 19.0 Å². The Morgan fingerprint density at radius 1 is 1.06 bits per heavy atom. The van der Waals surface area contributed by atoms with Gasteiger partial charge in [-0.1, -0.05) is 31.0 Å². The molecule has 15 heteroatoms. The Labute approximate surface area is 281 Å². The van der Waals surface area contributed by atoms with Crippen molar-refractivity contribution >= 4 is 34.8 Å². The van der Waals surface area contributed by atoms with Crippen LogP contribution in [0, 0.1) is 0 Å². The summed E-state index contributed by atoms with van der Waals surface area (Å²) in [6, 6.07) is 6.03. The number of carbonyl (C=O) groups excluding carboxylic acids is 2. The minimum absolute atomic E-state index is 0.0361. The summed E-state index contributed by atoms with van der Waals surface area (Å²) in [5, 5.41) is 1.60. The molecule has 2 amide bonds. The summed E-state index contributed by atoms with van der Waals surface area (Å²) in [5.41, 5.74) is -2.47. The van der Waals surface area contributed by atoms with Gasteiger partial charge in [-0.05, 0) is 67.5 Å². The lowest BCUT2D eigenvalue weighted by Crippen LogP contribution is -2.69. The normalized spacial score (nSPS) is 21.6. The van der Waals surface area contributed by atoms with E-state index in [1.807, 2.05) is 0 Å². The van der Waals surface area contributed by atoms with Crippen molar-refractivity contribution in [3.63, 3.8) is 0 Å². The Morgan fingerprint density at radius 3 is 2.50 bits per heavy atom. The van der Waals surface area contributed by atoms with Gasteiger partial charge in [-0.2, -0.15) is 26.3 Å². The van der Waals surface area contributed by atoms with E-state index in [0.29, 0.717) is 29.2 Å². The largest absolute Gasteiger partial charge is 0.474 e. The number of aromatic nitrogens is 1. The number of rotatable bonds is 9. The summed E-state index contributed by atoms with van der Waals surface area (Å²) in [6.45, 7) is 1.12. The number of ether oxygens (including phenoxy) is 1. The van der Waals surface area contributed by atoms with E-state index < -0.39 is 64.7 Å². The molecular formula is C33H33ClF7N3O3S. The first kappa shape index (κ1) is 35.9. The fraction of sp³-hybridized carbons (Fsp3) is 0.485. The van der Waals surface area contributed by atoms with Crippen molar-refractivity contribution in [3.8, 4) is 5.75 Å². The lowest BCUT2D eigenvalue weighted by atomic mass is 9.78. The molecule has 1 saturated heterocycles. The molecule has 260 valence electrons. The van der Waals surface area contributed by atoms with Crippen molar-refractivity contribution < 1.29 is 45.1 Å². The average molecular weight is 720 g/mol. The number of thiophene rings is 1. The summed E-state index contributed by atoms with van der Waals surface area (Å²) in [7, 11) is 0. The molecule has 0 radical (unpaired) electrons. The van der Waals surface area contributed by atoms with Crippen LogP contribution >= 0.6 is 22.9 Å². The molecule has 0 spiro atoms. The number of alkyl halides is 7. The molecule has 2 aliphatic heterocycles. The van der Waals surface area contributed by atoms with Gasteiger partial charge < -0.3 is 14.5 Å². The highest BCUT2D eigenvalue weighted by atomic mass is 35.5. The molecule has 0 aliphatic carbocycles. The molecule has 3 atom stereocenters. The Balaban J connectivity index is 1.63. The van der Waals surface area contributed by atoms with Crippen LogP contribution in [0.2, 0.25) is 5.02 Å². The van der Waals surface area contributed by atoms with Gasteiger partial charge in [0, 0.05) is 48.2 Å². The predicted molar refractivity (Wildman–Crippen MR) is 166 cm³/mol. The first-order valence-corrected chi connectivity index (χ1v) is 16.8. The van der Waals surface area contributed by atoms with E-state index >= 15 is 4.79 Å². The van der Waals surface area contributed by atoms with E-state index in [-0.39, 0.29) is 50.9 Å². The third-order valence-corrected chi connectivity index (χ3v) is 10.0. The van der Waals surface area contributed by atoms with E-state index in [1.165, 1.54) is 4.90 Å². The Kier molecular flexibility index (Phi) is 10.6. The molecule has 0 saturated carbocycles. The molecule has 3 aromatic rings. The molecule has 2 aromatic heterocycles. The molecular weight excluding hydrogens is 687 g/mol. The monoisotopic (exact) mass is 719 g/mol. The highest BCUT2D eigenvalue weighted by molar-refractivity contribution is 7.10. The van der Waals surface area contributed by atoms with Crippen LogP contribution < -0.4 is 4.74 Å². The number of fused-ring (bicyclic) bond motifs is 1. The van der Waals surface area contributed by atoms with Crippen LogP contribution in [0.15, 0.2) is 48.0 Å². The zero-order valence-corrected chi connectivity index (χ0v) is 27.4. The number of amides is 2. The maximum absolute atomic E-state index is 15.1. The molecule has 4 heterocycles. The van der Waals surface area contributed by atoms with Crippen LogP contribution in [0.5, 0.6) is 5.75 Å². The second-order valence-electron chi connectivity index (χ2n) is 12.0. The topological polar surface area (TPSA) is 62.7 Å². The van der Waals surface area contributed by atoms with Gasteiger partial charge in [0.1, 0.15) is 16.3 Å². The molecule has 1 aromatic carbocycles. The van der Waals surface area contributed by atoms with Crippen LogP contribution in [-0.2, 0) is 30.1 Å². The third-order valence-electron chi connectivity index (χ3n) is 8.85. The summed E-state index contributed by atoms with van der Waals surface area (Å²) >= 11 is 6.61. The number of carbonyl (C=O) groups is 2. The zero-order valence-electron chi connectivity index (χ0n) is 25.8. The van der Waals surface area contributed by atoms with Gasteiger partial charge in [0.2, 0.25) is 5.60 Å². The minimum Gasteiger partial charge on any atom is -0.474 e. The van der Waals surface area contributed by atoms with Crippen molar-refractivity contribution in [2.45, 2.75) is 88.5 Å². The molecule has 6 nitrogen and oxygen atoms in total. The number of halogens is 8. The number of hydrogen-bond acceptors (Lipinski definition) is 5. The highest BCUT2D eigenvalue weighted by Crippen LogP contribution is 2.44. The zero-order chi connectivity index (χ0) is 34.9. The van der Waals surface area contributed by atoms with Crippen molar-refractivity contribution in [1.82, 2.24) is 14.8 Å². The lowest BCUT2D eigenvalue weighted by molar-refractivity contribution is -0.163. The van der Waals surface area contributed by atoms with Crippen molar-refractivity contribution in [3.05, 3.63) is 80.3 Å². The fourth-order valence-electron chi connectivity index (χ4n) is 6.74. The first-order valence-electron chi connectivity index (χ1n) is 15.5. The van der Waals surface area contributed by atoms with Crippen molar-refractivity contribution in [2.75, 3.05) is 13.2 Å². The van der Waals surface area contributed by atoms with E-state index in [0.717, 1.165) is 45.8 Å². The van der Waals surface area contributed by atoms with E-state index in [9.17, 15) is 35.5 Å². The van der Waals surface area contributed by atoms with E-state index in [4.69, 9.17) is 16.3 Å². The Hall–Kier alpha value is -3.39. The molecule has 48 heavy (non-hydrogen) atoms. The molecule has 1 fully saturated rings. The van der Waals surface area contributed by atoms with E-state index in [2.05, 4.69) is 4.98 Å². The average Bonchev–Trinajstić information content (AvgIpc) is 3.52. The van der Waals surface area contributed by atoms with Crippen molar-refractivity contribution in [2.24, 2.45) is 0 Å². The Bertz CT molecular complexity index is 1630. The lowest BCUT2D eigenvalue weighted by Gasteiger charge is -2.51. The van der Waals surface area contributed by atoms with Crippen molar-refractivity contribution in [1.29, 1.82) is 0 Å². The molecule has 5 rings (SSSR count). The van der Waals surface area contributed by atoms with Crippen LogP contribution in [-0.4, -0.2) is 57.5 Å². The number of nitrogens with zero attached hydrogens (tertiary/aromatic N) is 3. The summed E-state index contributed by atoms with van der Waals surface area (Å²) in [4.78, 5) is 34.6. The summed E-state index contributed by atoms with van der Waals surface area (Å²) in [5.74, 6) is -1.97. The quantitative estimate of drug-likeness (QED) is 0.208. The van der Waals surface area contributed by atoms with Gasteiger partial charge in [0.25, 0.3) is 11.8 Å². The van der Waals surface area contributed by atoms with Gasteiger partial charge in [0.15, 0.2) is 0 Å². The number of hydrogen-bond donors (Lipinski definition) is 0. The molecule has 0 bridgehead atoms. The highest BCUT2D eigenvalue weighted by Gasteiger charge is 2.57. The maximum Gasteiger partial charge on any atom is 0.425 e. The fourth-order valence-corrected chi connectivity index (χ4v) is 7.61. The summed E-state index contributed by atoms with van der Waals surface area (Å²) in [6.07, 6.45) is -7.34. The number of piperidine rings is 1. The number of benzene rings is 1. The van der Waals surface area contributed by atoms with Crippen LogP contribution in [0.4, 0.5) is 30.7 Å². The van der Waals surface area contributed by atoms with Crippen LogP contribution in [0.1, 0.15) is 77.5 Å². The predicted octanol–water partition coefficient (Wildman–Crippen LogP) is 8.76. The third kappa shape index (κ3) is 7.29. The molecule has 0 unspecified atom stereocenters. The second-order valence-corrected chi connectivity index (χ2v) is 13.3. The van der Waals surface area contributed by atoms with Gasteiger partial charge in [-0.15, -0.1) is 11.3 Å². The van der Waals surface area contributed by atoms with Gasteiger partial charge in [-0.25, -0.2) is 0 Å². The standard InChI is InChI=1S/C33H33ClF7N3O3S/c1-2-6-26-31(47-24-17-27(48-19-24)33(39,40)41,11-5-14-43(26)29(45)28-25(32(36,37)38)8-4-13-42-28)30(46)44-18-20-9-10-22(34)15-21(20)16-23(44)7-3-12-35/h4,8-10,13,15,17,19,23,26H,2-3,5-7,11-12,14,16,18H2,1H3/t23-,26+,31+/m0/s1. The summed E-state index contributed by atoms with van der Waals surface area (Å²) < 4.78 is 103. The SMILES string of the molecule is CCC[C@H]1N(C(=O)c2ncccc2C(F)(F)F)CCC[C@]1(Oc1csc(C(F)(F)F)c1)C(=O)N1Cc2ccc(Cl)cc2C[C@@H]1CCCF. The first-order chi connectivity index (χ1) is 22.7. The smallest absolute Gasteiger partial charge is 0.425 e. The van der Waals surface area contributed by atoms with Crippen LogP contribution in [0.25, 0.3) is 0 Å². The molecule has 0 N–H and O–H groups in total. The number of pyridine rings is 1. The van der Waals surface area contributed by atoms with E-state index in [1.54, 1.807) is 25.1 Å². The van der Waals surface area contributed by atoms with Gasteiger partial charge in [0.05, 0.1) is 18.3 Å². The number of likely N-dealkylation sites (tertiary alicyclic amines) is 1. The molecule has 2 aliphatic rings. The van der Waals surface area contributed by atoms with Crippen LogP contribution in [0.3, 0.4) is 0 Å².